The minimum Gasteiger partial charge on any atom is -0.352 e. The van der Waals surface area contributed by atoms with Gasteiger partial charge in [0.1, 0.15) is 0 Å². The van der Waals surface area contributed by atoms with Gasteiger partial charge in [-0.25, -0.2) is 12.7 Å². The van der Waals surface area contributed by atoms with E-state index in [1.54, 1.807) is 30.3 Å². The van der Waals surface area contributed by atoms with Crippen molar-refractivity contribution in [1.29, 1.82) is 0 Å². The van der Waals surface area contributed by atoms with Crippen LogP contribution in [-0.2, 0) is 20.6 Å². The van der Waals surface area contributed by atoms with Gasteiger partial charge in [-0.05, 0) is 30.5 Å². The molecule has 7 heteroatoms. The van der Waals surface area contributed by atoms with Gasteiger partial charge in [0.05, 0.1) is 11.7 Å². The van der Waals surface area contributed by atoms with Crippen molar-refractivity contribution in [3.05, 3.63) is 47.5 Å². The predicted molar refractivity (Wildman–Crippen MR) is 91.6 cm³/mol. The molecule has 1 amide bonds. The summed E-state index contributed by atoms with van der Waals surface area (Å²) in [6.45, 7) is 4.63. The molecule has 2 rings (SSSR count). The Balaban J connectivity index is 2.04. The lowest BCUT2D eigenvalue weighted by atomic mass is 9.99. The summed E-state index contributed by atoms with van der Waals surface area (Å²) in [5, 5.41) is 3.25. The Hall–Kier alpha value is -1.37. The summed E-state index contributed by atoms with van der Waals surface area (Å²) in [5.74, 6) is -0.528. The summed E-state index contributed by atoms with van der Waals surface area (Å²) in [5.41, 5.74) is 0.649. The molecule has 0 unspecified atom stereocenters. The van der Waals surface area contributed by atoms with Gasteiger partial charge in [-0.2, -0.15) is 0 Å². The van der Waals surface area contributed by atoms with Gasteiger partial charge in [0.15, 0.2) is 0 Å². The van der Waals surface area contributed by atoms with E-state index in [2.05, 4.69) is 11.9 Å². The van der Waals surface area contributed by atoms with Crippen molar-refractivity contribution < 1.29 is 13.2 Å². The van der Waals surface area contributed by atoms with Crippen molar-refractivity contribution in [2.45, 2.75) is 18.6 Å². The maximum Gasteiger partial charge on any atom is 0.224 e. The summed E-state index contributed by atoms with van der Waals surface area (Å²) in [6.07, 6.45) is 2.99. The molecule has 23 heavy (non-hydrogen) atoms. The maximum absolute atomic E-state index is 12.6. The van der Waals surface area contributed by atoms with E-state index in [1.807, 2.05) is 0 Å². The Bertz CT molecular complexity index is 676. The first kappa shape index (κ1) is 18.0. The first-order chi connectivity index (χ1) is 10.9. The third kappa shape index (κ3) is 5.06. The van der Waals surface area contributed by atoms with Crippen molar-refractivity contribution >= 4 is 27.5 Å². The number of hydrogen-bond acceptors (Lipinski definition) is 3. The van der Waals surface area contributed by atoms with Crippen molar-refractivity contribution in [2.24, 2.45) is 5.92 Å². The fraction of sp³-hybridized carbons (Fsp3) is 0.438. The van der Waals surface area contributed by atoms with E-state index in [0.717, 1.165) is 0 Å². The lowest BCUT2D eigenvalue weighted by Crippen LogP contribution is -2.45. The largest absolute Gasteiger partial charge is 0.352 e. The molecular formula is C16H21ClN2O3S. The van der Waals surface area contributed by atoms with E-state index >= 15 is 0 Å². The van der Waals surface area contributed by atoms with E-state index < -0.39 is 10.0 Å². The van der Waals surface area contributed by atoms with Crippen LogP contribution in [0.5, 0.6) is 0 Å². The molecule has 0 saturated carbocycles. The van der Waals surface area contributed by atoms with Crippen LogP contribution in [0.1, 0.15) is 18.4 Å². The molecule has 1 aliphatic heterocycles. The Morgan fingerprint density at radius 2 is 2.26 bits per heavy atom. The topological polar surface area (TPSA) is 66.5 Å². The molecule has 1 aromatic carbocycles. The standard InChI is InChI=1S/C16H21ClN2O3S/c1-2-8-18-16(20)14-6-4-9-19(11-14)23(21,22)12-13-5-3-7-15(17)10-13/h2-3,5,7,10,14H,1,4,6,8-9,11-12H2,(H,18,20)/t14-/m0/s1. The number of nitrogens with one attached hydrogen (secondary N) is 1. The van der Waals surface area contributed by atoms with Crippen molar-refractivity contribution in [3.8, 4) is 0 Å². The van der Waals surface area contributed by atoms with Gasteiger partial charge in [0.2, 0.25) is 15.9 Å². The number of benzene rings is 1. The zero-order valence-corrected chi connectivity index (χ0v) is 14.4. The number of hydrogen-bond donors (Lipinski definition) is 1. The number of carbonyl (C=O) groups is 1. The minimum absolute atomic E-state index is 0.103. The number of sulfonamides is 1. The summed E-state index contributed by atoms with van der Waals surface area (Å²) in [4.78, 5) is 12.0. The van der Waals surface area contributed by atoms with Crippen molar-refractivity contribution in [1.82, 2.24) is 9.62 Å². The fourth-order valence-corrected chi connectivity index (χ4v) is 4.47. The lowest BCUT2D eigenvalue weighted by Gasteiger charge is -2.31. The molecule has 1 saturated heterocycles. The van der Waals surface area contributed by atoms with Crippen LogP contribution in [0.3, 0.4) is 0 Å². The minimum atomic E-state index is -3.47. The molecule has 1 fully saturated rings. The second-order valence-electron chi connectivity index (χ2n) is 5.62. The Labute approximate surface area is 142 Å². The number of carbonyl (C=O) groups excluding carboxylic acids is 1. The Kier molecular flexibility index (Phi) is 6.21. The third-order valence-corrected chi connectivity index (χ3v) is 5.86. The van der Waals surface area contributed by atoms with Gasteiger partial charge >= 0.3 is 0 Å². The Morgan fingerprint density at radius 1 is 1.48 bits per heavy atom. The molecule has 1 aliphatic rings. The van der Waals surface area contributed by atoms with Crippen molar-refractivity contribution in [3.63, 3.8) is 0 Å². The second kappa shape index (κ2) is 7.95. The van der Waals surface area contributed by atoms with Gasteiger partial charge in [0.25, 0.3) is 0 Å². The summed E-state index contributed by atoms with van der Waals surface area (Å²) < 4.78 is 26.6. The van der Waals surface area contributed by atoms with E-state index in [-0.39, 0.29) is 24.1 Å². The van der Waals surface area contributed by atoms with Crippen LogP contribution >= 0.6 is 11.6 Å². The van der Waals surface area contributed by atoms with Crippen molar-refractivity contribution in [2.75, 3.05) is 19.6 Å². The molecule has 0 bridgehead atoms. The number of rotatable bonds is 6. The highest BCUT2D eigenvalue weighted by Gasteiger charge is 2.32. The third-order valence-electron chi connectivity index (χ3n) is 3.81. The van der Waals surface area contributed by atoms with Gasteiger partial charge in [-0.1, -0.05) is 29.8 Å². The molecule has 0 aliphatic carbocycles. The van der Waals surface area contributed by atoms with Crippen LogP contribution < -0.4 is 5.32 Å². The molecule has 0 aromatic heterocycles. The first-order valence-corrected chi connectivity index (χ1v) is 9.52. The SMILES string of the molecule is C=CCNC(=O)[C@H]1CCCN(S(=O)(=O)Cc2cccc(Cl)c2)C1. The monoisotopic (exact) mass is 356 g/mol. The van der Waals surface area contributed by atoms with E-state index in [0.29, 0.717) is 36.5 Å². The van der Waals surface area contributed by atoms with Gasteiger partial charge in [-0.15, -0.1) is 6.58 Å². The molecule has 0 spiro atoms. The van der Waals surface area contributed by atoms with Crippen LogP contribution in [-0.4, -0.2) is 38.3 Å². The number of halogens is 1. The highest BCUT2D eigenvalue weighted by atomic mass is 35.5. The average molecular weight is 357 g/mol. The highest BCUT2D eigenvalue weighted by Crippen LogP contribution is 2.22. The molecule has 1 heterocycles. The van der Waals surface area contributed by atoms with E-state index in [1.165, 1.54) is 4.31 Å². The molecular weight excluding hydrogens is 336 g/mol. The van der Waals surface area contributed by atoms with Crippen LogP contribution in [0.2, 0.25) is 5.02 Å². The second-order valence-corrected chi connectivity index (χ2v) is 8.02. The molecule has 0 radical (unpaired) electrons. The summed E-state index contributed by atoms with van der Waals surface area (Å²) >= 11 is 5.90. The van der Waals surface area contributed by atoms with E-state index in [9.17, 15) is 13.2 Å². The summed E-state index contributed by atoms with van der Waals surface area (Å²) in [6, 6.07) is 6.83. The predicted octanol–water partition coefficient (Wildman–Crippen LogP) is 2.18. The van der Waals surface area contributed by atoms with Crippen LogP contribution in [0, 0.1) is 5.92 Å². The number of nitrogens with zero attached hydrogens (tertiary/aromatic N) is 1. The zero-order valence-electron chi connectivity index (χ0n) is 12.9. The van der Waals surface area contributed by atoms with Crippen LogP contribution in [0.25, 0.3) is 0 Å². The van der Waals surface area contributed by atoms with Gasteiger partial charge < -0.3 is 5.32 Å². The zero-order chi connectivity index (χ0) is 16.9. The highest BCUT2D eigenvalue weighted by molar-refractivity contribution is 7.88. The molecule has 5 nitrogen and oxygen atoms in total. The molecule has 1 N–H and O–H groups in total. The maximum atomic E-state index is 12.6. The molecule has 126 valence electrons. The van der Waals surface area contributed by atoms with E-state index in [4.69, 9.17) is 11.6 Å². The normalized spacial score (nSPS) is 19.3. The fourth-order valence-electron chi connectivity index (χ4n) is 2.65. The lowest BCUT2D eigenvalue weighted by molar-refractivity contribution is -0.125. The molecule has 1 aromatic rings. The number of amides is 1. The smallest absolute Gasteiger partial charge is 0.224 e. The Morgan fingerprint density at radius 3 is 2.96 bits per heavy atom. The first-order valence-electron chi connectivity index (χ1n) is 7.53. The van der Waals surface area contributed by atoms with Crippen LogP contribution in [0.15, 0.2) is 36.9 Å². The quantitative estimate of drug-likeness (QED) is 0.794. The van der Waals surface area contributed by atoms with Gasteiger partial charge in [-0.3, -0.25) is 4.79 Å². The summed E-state index contributed by atoms with van der Waals surface area (Å²) in [7, 11) is -3.47. The molecule has 1 atom stereocenters. The van der Waals surface area contributed by atoms with Crippen LogP contribution in [0.4, 0.5) is 0 Å². The average Bonchev–Trinajstić information content (AvgIpc) is 2.52. The number of piperidine rings is 1. The van der Waals surface area contributed by atoms with Gasteiger partial charge in [0, 0.05) is 24.7 Å².